The van der Waals surface area contributed by atoms with Crippen LogP contribution in [0.3, 0.4) is 0 Å². The molecule has 21 heavy (non-hydrogen) atoms. The van der Waals surface area contributed by atoms with Crippen molar-refractivity contribution >= 4 is 17.9 Å². The number of rotatable bonds is 6. The Morgan fingerprint density at radius 2 is 1.86 bits per heavy atom. The molecule has 1 rings (SSSR count). The molecule has 2 unspecified atom stereocenters. The smallest absolute Gasteiger partial charge is 0.318 e. The Hall–Kier alpha value is -2.37. The highest BCUT2D eigenvalue weighted by Crippen LogP contribution is 2.28. The molecule has 0 saturated carbocycles. The molecule has 2 atom stereocenters. The summed E-state index contributed by atoms with van der Waals surface area (Å²) in [6.45, 7) is 3.40. The lowest BCUT2D eigenvalue weighted by atomic mass is 9.86. The van der Waals surface area contributed by atoms with E-state index in [1.807, 2.05) is 49.5 Å². The lowest BCUT2D eigenvalue weighted by Crippen LogP contribution is -2.38. The fraction of sp³-hybridized carbons (Fsp3) is 0.400. The maximum atomic E-state index is 12.2. The molecule has 1 aromatic carbocycles. The van der Waals surface area contributed by atoms with Crippen LogP contribution in [0, 0.1) is 5.92 Å². The first-order chi connectivity index (χ1) is 9.95. The minimum Gasteiger partial charge on any atom is -0.455 e. The van der Waals surface area contributed by atoms with Gasteiger partial charge in [-0.15, -0.1) is 0 Å². The topological polar surface area (TPSA) is 98.5 Å². The first-order valence-corrected chi connectivity index (χ1v) is 6.76. The Morgan fingerprint density at radius 1 is 1.24 bits per heavy atom. The Labute approximate surface area is 123 Å². The number of primary amides is 1. The third-order valence-corrected chi connectivity index (χ3v) is 3.23. The summed E-state index contributed by atoms with van der Waals surface area (Å²) >= 11 is 0. The minimum absolute atomic E-state index is 0.0686. The molecule has 1 aromatic rings. The molecular weight excluding hydrogens is 272 g/mol. The largest absolute Gasteiger partial charge is 0.455 e. The molecule has 6 nitrogen and oxygen atoms in total. The molecule has 3 amide bonds. The first-order valence-electron chi connectivity index (χ1n) is 6.76. The summed E-state index contributed by atoms with van der Waals surface area (Å²) < 4.78 is 4.99. The normalized spacial score (nSPS) is 13.0. The van der Waals surface area contributed by atoms with Crippen LogP contribution in [0.25, 0.3) is 0 Å². The molecule has 3 N–H and O–H groups in total. The van der Waals surface area contributed by atoms with Crippen molar-refractivity contribution < 1.29 is 19.1 Å². The number of carbonyl (C=O) groups excluding carboxylic acids is 3. The van der Waals surface area contributed by atoms with E-state index in [9.17, 15) is 14.4 Å². The van der Waals surface area contributed by atoms with Crippen LogP contribution in [0.5, 0.6) is 0 Å². The van der Waals surface area contributed by atoms with Gasteiger partial charge in [0.1, 0.15) is 0 Å². The van der Waals surface area contributed by atoms with Crippen molar-refractivity contribution in [2.45, 2.75) is 26.2 Å². The van der Waals surface area contributed by atoms with Crippen molar-refractivity contribution in [3.63, 3.8) is 0 Å². The van der Waals surface area contributed by atoms with E-state index in [0.29, 0.717) is 0 Å². The third kappa shape index (κ3) is 5.25. The van der Waals surface area contributed by atoms with Gasteiger partial charge in [0.05, 0.1) is 5.92 Å². The van der Waals surface area contributed by atoms with Crippen molar-refractivity contribution in [2.24, 2.45) is 11.7 Å². The number of amides is 3. The molecular formula is C15H20N2O4. The zero-order valence-corrected chi connectivity index (χ0v) is 12.2. The molecule has 114 valence electrons. The highest BCUT2D eigenvalue weighted by atomic mass is 16.5. The Kier molecular flexibility index (Phi) is 6.39. The highest BCUT2D eigenvalue weighted by Gasteiger charge is 2.27. The molecule has 0 saturated heterocycles. The molecule has 0 heterocycles. The quantitative estimate of drug-likeness (QED) is 0.777. The monoisotopic (exact) mass is 292 g/mol. The Morgan fingerprint density at radius 3 is 2.38 bits per heavy atom. The maximum Gasteiger partial charge on any atom is 0.318 e. The van der Waals surface area contributed by atoms with Gasteiger partial charge in [0.15, 0.2) is 6.61 Å². The van der Waals surface area contributed by atoms with Gasteiger partial charge in [-0.05, 0) is 11.5 Å². The minimum atomic E-state index is -0.974. The summed E-state index contributed by atoms with van der Waals surface area (Å²) in [4.78, 5) is 34.0. The second kappa shape index (κ2) is 8.04. The molecule has 0 spiro atoms. The molecule has 0 fully saturated rings. The van der Waals surface area contributed by atoms with Crippen LogP contribution < -0.4 is 11.1 Å². The summed E-state index contributed by atoms with van der Waals surface area (Å²) in [5.74, 6) is -1.61. The SMILES string of the molecule is CCC(C)C(C(=O)OCC(=O)NC(N)=O)c1ccccc1. The molecule has 0 aliphatic carbocycles. The van der Waals surface area contributed by atoms with E-state index >= 15 is 0 Å². The van der Waals surface area contributed by atoms with Gasteiger partial charge in [0, 0.05) is 0 Å². The zero-order chi connectivity index (χ0) is 15.8. The van der Waals surface area contributed by atoms with E-state index in [1.54, 1.807) is 0 Å². The number of hydrogen-bond donors (Lipinski definition) is 2. The fourth-order valence-corrected chi connectivity index (χ4v) is 1.99. The number of carbonyl (C=O) groups is 3. The predicted molar refractivity (Wildman–Crippen MR) is 77.3 cm³/mol. The number of benzene rings is 1. The Balaban J connectivity index is 2.74. The summed E-state index contributed by atoms with van der Waals surface area (Å²) in [6, 6.07) is 8.28. The number of nitrogens with one attached hydrogen (secondary N) is 1. The van der Waals surface area contributed by atoms with Gasteiger partial charge in [-0.2, -0.15) is 0 Å². The van der Waals surface area contributed by atoms with Crippen molar-refractivity contribution in [2.75, 3.05) is 6.61 Å². The van der Waals surface area contributed by atoms with Gasteiger partial charge in [-0.1, -0.05) is 50.6 Å². The molecule has 0 radical (unpaired) electrons. The number of hydrogen-bond acceptors (Lipinski definition) is 4. The molecule has 6 heteroatoms. The second-order valence-corrected chi connectivity index (χ2v) is 4.79. The van der Waals surface area contributed by atoms with Crippen molar-refractivity contribution in [1.82, 2.24) is 5.32 Å². The Bertz CT molecular complexity index is 502. The molecule has 0 aliphatic heterocycles. The average molecular weight is 292 g/mol. The van der Waals surface area contributed by atoms with E-state index in [-0.39, 0.29) is 5.92 Å². The van der Waals surface area contributed by atoms with Gasteiger partial charge >= 0.3 is 12.0 Å². The van der Waals surface area contributed by atoms with E-state index in [4.69, 9.17) is 10.5 Å². The number of nitrogens with two attached hydrogens (primary N) is 1. The van der Waals surface area contributed by atoms with Crippen molar-refractivity contribution in [3.8, 4) is 0 Å². The standard InChI is InChI=1S/C15H20N2O4/c1-3-10(2)13(11-7-5-4-6-8-11)14(19)21-9-12(18)17-15(16)20/h4-8,10,13H,3,9H2,1-2H3,(H3,16,17,18,20). The van der Waals surface area contributed by atoms with E-state index in [1.165, 1.54) is 0 Å². The van der Waals surface area contributed by atoms with Crippen LogP contribution in [0.4, 0.5) is 4.79 Å². The van der Waals surface area contributed by atoms with E-state index < -0.39 is 30.4 Å². The zero-order valence-electron chi connectivity index (χ0n) is 12.2. The maximum absolute atomic E-state index is 12.2. The van der Waals surface area contributed by atoms with Gasteiger partial charge in [0.2, 0.25) is 0 Å². The lowest BCUT2D eigenvalue weighted by Gasteiger charge is -2.21. The van der Waals surface area contributed by atoms with Gasteiger partial charge in [-0.25, -0.2) is 4.79 Å². The van der Waals surface area contributed by atoms with Crippen LogP contribution in [-0.4, -0.2) is 24.5 Å². The first kappa shape index (κ1) is 16.7. The van der Waals surface area contributed by atoms with Crippen LogP contribution in [0.15, 0.2) is 30.3 Å². The van der Waals surface area contributed by atoms with Gasteiger partial charge in [-0.3, -0.25) is 14.9 Å². The molecule has 0 aliphatic rings. The average Bonchev–Trinajstić information content (AvgIpc) is 2.45. The molecule has 0 aromatic heterocycles. The number of esters is 1. The van der Waals surface area contributed by atoms with E-state index in [2.05, 4.69) is 0 Å². The van der Waals surface area contributed by atoms with Crippen molar-refractivity contribution in [1.29, 1.82) is 0 Å². The van der Waals surface area contributed by atoms with Crippen LogP contribution in [-0.2, 0) is 14.3 Å². The van der Waals surface area contributed by atoms with Gasteiger partial charge in [0.25, 0.3) is 5.91 Å². The van der Waals surface area contributed by atoms with E-state index in [0.717, 1.165) is 12.0 Å². The van der Waals surface area contributed by atoms with Crippen LogP contribution >= 0.6 is 0 Å². The second-order valence-electron chi connectivity index (χ2n) is 4.79. The van der Waals surface area contributed by atoms with Gasteiger partial charge < -0.3 is 10.5 Å². The summed E-state index contributed by atoms with van der Waals surface area (Å²) in [5.41, 5.74) is 5.65. The summed E-state index contributed by atoms with van der Waals surface area (Å²) in [6.07, 6.45) is 0.794. The van der Waals surface area contributed by atoms with Crippen LogP contribution in [0.2, 0.25) is 0 Å². The number of ether oxygens (including phenoxy) is 1. The summed E-state index contributed by atoms with van der Waals surface area (Å²) in [5, 5.41) is 1.84. The fourth-order valence-electron chi connectivity index (χ4n) is 1.99. The van der Waals surface area contributed by atoms with Crippen LogP contribution in [0.1, 0.15) is 31.7 Å². The summed E-state index contributed by atoms with van der Waals surface area (Å²) in [7, 11) is 0. The number of imide groups is 1. The third-order valence-electron chi connectivity index (χ3n) is 3.23. The highest BCUT2D eigenvalue weighted by molar-refractivity contribution is 5.95. The molecule has 0 bridgehead atoms. The van der Waals surface area contributed by atoms with Crippen molar-refractivity contribution in [3.05, 3.63) is 35.9 Å². The number of urea groups is 1. The predicted octanol–water partition coefficient (Wildman–Crippen LogP) is 1.55. The lowest BCUT2D eigenvalue weighted by molar-refractivity contribution is -0.151.